The number of benzene rings is 1. The highest BCUT2D eigenvalue weighted by molar-refractivity contribution is 7.92. The average molecular weight is 387 g/mol. The summed E-state index contributed by atoms with van der Waals surface area (Å²) >= 11 is 0. The van der Waals surface area contributed by atoms with Gasteiger partial charge < -0.3 is 4.52 Å². The molecule has 0 saturated carbocycles. The Kier molecular flexibility index (Phi) is 6.57. The zero-order valence-corrected chi connectivity index (χ0v) is 15.4. The predicted octanol–water partition coefficient (Wildman–Crippen LogP) is 1.28. The second-order valence-corrected chi connectivity index (χ2v) is 9.31. The number of rotatable bonds is 10. The van der Waals surface area contributed by atoms with E-state index in [0.717, 1.165) is 5.56 Å². The highest BCUT2D eigenvalue weighted by Gasteiger charge is 2.15. The van der Waals surface area contributed by atoms with Gasteiger partial charge in [-0.05, 0) is 25.3 Å². The Bertz CT molecular complexity index is 877. The Morgan fingerprint density at radius 1 is 1.04 bits per heavy atom. The van der Waals surface area contributed by atoms with Gasteiger partial charge in [0.05, 0.1) is 11.5 Å². The lowest BCUT2D eigenvalue weighted by molar-refractivity contribution is 0.400. The summed E-state index contributed by atoms with van der Waals surface area (Å²) in [7, 11) is -7.23. The van der Waals surface area contributed by atoms with Crippen LogP contribution in [0.4, 0.5) is 5.82 Å². The van der Waals surface area contributed by atoms with Gasteiger partial charge in [0, 0.05) is 12.6 Å². The lowest BCUT2D eigenvalue weighted by atomic mass is 10.1. The number of hydrogen-bond acceptors (Lipinski definition) is 6. The maximum atomic E-state index is 11.9. The molecule has 0 fully saturated rings. The first-order chi connectivity index (χ1) is 11.8. The Hall–Kier alpha value is -1.91. The van der Waals surface area contributed by atoms with E-state index in [0.29, 0.717) is 18.6 Å². The maximum Gasteiger partial charge on any atom is 0.235 e. The van der Waals surface area contributed by atoms with Crippen molar-refractivity contribution in [2.24, 2.45) is 0 Å². The summed E-state index contributed by atoms with van der Waals surface area (Å²) in [5, 5.41) is 3.52. The standard InChI is InChI=1S/C15H21N3O5S2/c1-13-12-15(17-23-13)18-25(21,22)11-9-16-24(19,20)10-5-8-14-6-3-2-4-7-14/h2-4,6-7,12,16H,5,8-11H2,1H3,(H,17,18). The molecule has 2 aromatic rings. The van der Waals surface area contributed by atoms with Crippen LogP contribution >= 0.6 is 0 Å². The number of hydrogen-bond donors (Lipinski definition) is 2. The molecule has 0 bridgehead atoms. The molecule has 0 saturated heterocycles. The Morgan fingerprint density at radius 3 is 2.40 bits per heavy atom. The summed E-state index contributed by atoms with van der Waals surface area (Å²) in [5.41, 5.74) is 1.06. The molecular weight excluding hydrogens is 366 g/mol. The van der Waals surface area contributed by atoms with Crippen LogP contribution in [0.1, 0.15) is 17.7 Å². The van der Waals surface area contributed by atoms with Gasteiger partial charge in [0.2, 0.25) is 20.0 Å². The summed E-state index contributed by atoms with van der Waals surface area (Å²) in [6.07, 6.45) is 1.11. The average Bonchev–Trinajstić information content (AvgIpc) is 2.92. The first-order valence-corrected chi connectivity index (χ1v) is 11.0. The molecule has 25 heavy (non-hydrogen) atoms. The second-order valence-electron chi connectivity index (χ2n) is 5.55. The quantitative estimate of drug-likeness (QED) is 0.634. The molecule has 8 nitrogen and oxygen atoms in total. The van der Waals surface area contributed by atoms with Gasteiger partial charge in [0.25, 0.3) is 0 Å². The van der Waals surface area contributed by atoms with Crippen LogP contribution in [-0.4, -0.2) is 40.0 Å². The lowest BCUT2D eigenvalue weighted by Gasteiger charge is -2.08. The molecule has 0 aliphatic heterocycles. The van der Waals surface area contributed by atoms with Crippen molar-refractivity contribution in [2.75, 3.05) is 22.8 Å². The van der Waals surface area contributed by atoms with Crippen LogP contribution < -0.4 is 9.44 Å². The van der Waals surface area contributed by atoms with Crippen LogP contribution in [0.5, 0.6) is 0 Å². The fourth-order valence-electron chi connectivity index (χ4n) is 2.14. The lowest BCUT2D eigenvalue weighted by Crippen LogP contribution is -2.32. The molecule has 1 aromatic carbocycles. The number of nitrogens with one attached hydrogen (secondary N) is 2. The van der Waals surface area contributed by atoms with Gasteiger partial charge in [-0.3, -0.25) is 4.72 Å². The van der Waals surface area contributed by atoms with Crippen LogP contribution in [0.3, 0.4) is 0 Å². The summed E-state index contributed by atoms with van der Waals surface area (Å²) < 4.78 is 56.8. The van der Waals surface area contributed by atoms with Crippen molar-refractivity contribution in [2.45, 2.75) is 19.8 Å². The maximum absolute atomic E-state index is 11.9. The van der Waals surface area contributed by atoms with E-state index in [9.17, 15) is 16.8 Å². The number of aryl methyl sites for hydroxylation is 2. The normalized spacial score (nSPS) is 12.2. The summed E-state index contributed by atoms with van der Waals surface area (Å²) in [6.45, 7) is 1.42. The van der Waals surface area contributed by atoms with E-state index in [1.165, 1.54) is 6.07 Å². The third kappa shape index (κ3) is 7.24. The number of sulfonamides is 2. The van der Waals surface area contributed by atoms with E-state index < -0.39 is 25.8 Å². The molecule has 2 rings (SSSR count). The Labute approximate surface area is 147 Å². The first kappa shape index (κ1) is 19.4. The zero-order valence-electron chi connectivity index (χ0n) is 13.8. The van der Waals surface area contributed by atoms with Gasteiger partial charge in [-0.2, -0.15) is 0 Å². The highest BCUT2D eigenvalue weighted by atomic mass is 32.2. The first-order valence-electron chi connectivity index (χ1n) is 7.71. The minimum atomic E-state index is -3.71. The molecule has 0 atom stereocenters. The molecule has 0 aliphatic carbocycles. The zero-order chi connectivity index (χ0) is 18.3. The molecule has 0 amide bonds. The van der Waals surface area contributed by atoms with Crippen LogP contribution in [0.25, 0.3) is 0 Å². The SMILES string of the molecule is Cc1cc(NS(=O)(=O)CCNS(=O)(=O)CCCc2ccccc2)no1. The molecule has 2 N–H and O–H groups in total. The minimum Gasteiger partial charge on any atom is -0.360 e. The van der Waals surface area contributed by atoms with E-state index in [4.69, 9.17) is 4.52 Å². The fraction of sp³-hybridized carbons (Fsp3) is 0.400. The predicted molar refractivity (Wildman–Crippen MR) is 95.2 cm³/mol. The summed E-state index contributed by atoms with van der Waals surface area (Å²) in [5.74, 6) is 0.0920. The van der Waals surface area contributed by atoms with Crippen molar-refractivity contribution in [1.82, 2.24) is 9.88 Å². The van der Waals surface area contributed by atoms with Crippen molar-refractivity contribution in [3.63, 3.8) is 0 Å². The van der Waals surface area contributed by atoms with Gasteiger partial charge >= 0.3 is 0 Å². The molecule has 0 radical (unpaired) electrons. The Morgan fingerprint density at radius 2 is 1.76 bits per heavy atom. The van der Waals surface area contributed by atoms with Crippen molar-refractivity contribution >= 4 is 25.9 Å². The van der Waals surface area contributed by atoms with Crippen molar-refractivity contribution in [3.8, 4) is 0 Å². The van der Waals surface area contributed by atoms with Crippen LogP contribution in [0, 0.1) is 6.92 Å². The second kappa shape index (κ2) is 8.45. The molecule has 1 heterocycles. The third-order valence-corrected chi connectivity index (χ3v) is 6.03. The molecule has 0 aliphatic rings. The number of nitrogens with zero attached hydrogens (tertiary/aromatic N) is 1. The largest absolute Gasteiger partial charge is 0.360 e. The molecule has 1 aromatic heterocycles. The Balaban J connectivity index is 1.73. The third-order valence-electron chi connectivity index (χ3n) is 3.30. The van der Waals surface area contributed by atoms with E-state index >= 15 is 0 Å². The molecular formula is C15H21N3O5S2. The van der Waals surface area contributed by atoms with Crippen molar-refractivity contribution in [3.05, 3.63) is 47.7 Å². The van der Waals surface area contributed by atoms with Gasteiger partial charge in [-0.15, -0.1) is 0 Å². The number of anilines is 1. The minimum absolute atomic E-state index is 0.0577. The van der Waals surface area contributed by atoms with Crippen LogP contribution in [0.15, 0.2) is 40.9 Å². The summed E-state index contributed by atoms with van der Waals surface area (Å²) in [4.78, 5) is 0. The smallest absolute Gasteiger partial charge is 0.235 e. The van der Waals surface area contributed by atoms with Gasteiger partial charge in [-0.1, -0.05) is 35.5 Å². The number of aromatic nitrogens is 1. The van der Waals surface area contributed by atoms with Crippen molar-refractivity contribution in [1.29, 1.82) is 0 Å². The summed E-state index contributed by atoms with van der Waals surface area (Å²) in [6, 6.07) is 11.0. The van der Waals surface area contributed by atoms with Crippen LogP contribution in [0.2, 0.25) is 0 Å². The fourth-order valence-corrected chi connectivity index (χ4v) is 4.24. The van der Waals surface area contributed by atoms with Gasteiger partial charge in [0.15, 0.2) is 5.82 Å². The van der Waals surface area contributed by atoms with E-state index in [2.05, 4.69) is 14.6 Å². The highest BCUT2D eigenvalue weighted by Crippen LogP contribution is 2.09. The van der Waals surface area contributed by atoms with Crippen LogP contribution in [-0.2, 0) is 26.5 Å². The molecule has 10 heteroatoms. The molecule has 0 unspecified atom stereocenters. The van der Waals surface area contributed by atoms with Crippen molar-refractivity contribution < 1.29 is 21.4 Å². The molecule has 0 spiro atoms. The monoisotopic (exact) mass is 387 g/mol. The van der Waals surface area contributed by atoms with E-state index in [-0.39, 0.29) is 18.1 Å². The van der Waals surface area contributed by atoms with E-state index in [1.54, 1.807) is 6.92 Å². The molecule has 138 valence electrons. The van der Waals surface area contributed by atoms with Gasteiger partial charge in [-0.25, -0.2) is 21.6 Å². The van der Waals surface area contributed by atoms with Gasteiger partial charge in [0.1, 0.15) is 5.76 Å². The van der Waals surface area contributed by atoms with E-state index in [1.807, 2.05) is 30.3 Å². The topological polar surface area (TPSA) is 118 Å².